The third kappa shape index (κ3) is 2.66. The molecule has 0 saturated heterocycles. The minimum absolute atomic E-state index is 0.111. The van der Waals surface area contributed by atoms with Crippen LogP contribution in [0.25, 0.3) is 43.1 Å². The first-order chi connectivity index (χ1) is 14.8. The fourth-order valence-corrected chi connectivity index (χ4v) is 4.17. The molecule has 0 saturated carbocycles. The molecule has 0 spiro atoms. The molecule has 0 aliphatic carbocycles. The zero-order valence-electron chi connectivity index (χ0n) is 15.4. The van der Waals surface area contributed by atoms with Crippen LogP contribution in [0.1, 0.15) is 5.56 Å². The van der Waals surface area contributed by atoms with Crippen molar-refractivity contribution in [2.24, 2.45) is 9.98 Å². The first-order valence-corrected chi connectivity index (χ1v) is 8.98. The van der Waals surface area contributed by atoms with E-state index in [0.717, 1.165) is 12.1 Å². The summed E-state index contributed by atoms with van der Waals surface area (Å²) < 4.78 is 53.6. The molecule has 0 bridgehead atoms. The second-order valence-corrected chi connectivity index (χ2v) is 7.01. The van der Waals surface area contributed by atoms with E-state index >= 15 is 0 Å². The van der Waals surface area contributed by atoms with Crippen LogP contribution in [0, 0.1) is 28.7 Å². The lowest BCUT2D eigenvalue weighted by atomic mass is 10.1. The average molecular weight is 416 g/mol. The van der Waals surface area contributed by atoms with Gasteiger partial charge in [-0.1, -0.05) is 12.1 Å². The van der Waals surface area contributed by atoms with Gasteiger partial charge in [0.15, 0.2) is 0 Å². The van der Waals surface area contributed by atoms with E-state index in [1.165, 1.54) is 18.2 Å². The predicted octanol–water partition coefficient (Wildman–Crippen LogP) is 5.10. The molecule has 0 unspecified atom stereocenters. The Balaban J connectivity index is 2.05. The van der Waals surface area contributed by atoms with Crippen molar-refractivity contribution in [3.63, 3.8) is 0 Å². The number of alkyl halides is 3. The molecule has 5 rings (SSSR count). The third-order valence-electron chi connectivity index (χ3n) is 5.41. The summed E-state index contributed by atoms with van der Waals surface area (Å²) in [5, 5.41) is 22.7. The zero-order chi connectivity index (χ0) is 21.9. The van der Waals surface area contributed by atoms with Gasteiger partial charge in [-0.15, -0.1) is 0 Å². The van der Waals surface area contributed by atoms with Gasteiger partial charge in [0.2, 0.25) is 12.4 Å². The van der Waals surface area contributed by atoms with Gasteiger partial charge in [0.05, 0.1) is 16.3 Å². The van der Waals surface area contributed by atoms with Crippen LogP contribution in [0.5, 0.6) is 0 Å². The van der Waals surface area contributed by atoms with E-state index in [9.17, 15) is 17.6 Å². The molecule has 0 N–H and O–H groups in total. The molecule has 8 heteroatoms. The minimum Gasteiger partial charge on any atom is -0.207 e. The van der Waals surface area contributed by atoms with E-state index in [1.54, 1.807) is 30.6 Å². The van der Waals surface area contributed by atoms with Crippen molar-refractivity contribution in [2.75, 3.05) is 0 Å². The summed E-state index contributed by atoms with van der Waals surface area (Å²) in [5.74, 6) is -0.485. The molecule has 0 radical (unpaired) electrons. The first kappa shape index (κ1) is 18.7. The number of benzene rings is 3. The Bertz CT molecular complexity index is 1760. The number of fused-ring (bicyclic) bond motifs is 6. The van der Waals surface area contributed by atoms with E-state index in [2.05, 4.69) is 9.98 Å². The summed E-state index contributed by atoms with van der Waals surface area (Å²) in [6.45, 7) is 0. The van der Waals surface area contributed by atoms with Crippen LogP contribution in [0.15, 0.2) is 58.5 Å². The molecule has 0 atom stereocenters. The van der Waals surface area contributed by atoms with Gasteiger partial charge in [0, 0.05) is 21.5 Å². The highest BCUT2D eigenvalue weighted by molar-refractivity contribution is 6.21. The van der Waals surface area contributed by atoms with Crippen molar-refractivity contribution >= 4 is 43.1 Å². The highest BCUT2D eigenvalue weighted by Gasteiger charge is 2.31. The standard InChI is InChI=1S/C23H8F4N4/c24-12-2-4-14-16-7-15-13-3-1-11(23(25,26)27)5-17(13)21(30-9-28)19(15)8-20(16)22(31-10-29)18(14)6-12/h1-8H/b30-21-,31-22+. The highest BCUT2D eigenvalue weighted by atomic mass is 19.4. The zero-order valence-corrected chi connectivity index (χ0v) is 15.4. The van der Waals surface area contributed by atoms with E-state index < -0.39 is 17.6 Å². The first-order valence-electron chi connectivity index (χ1n) is 8.98. The van der Waals surface area contributed by atoms with Gasteiger partial charge in [-0.3, -0.25) is 0 Å². The lowest BCUT2D eigenvalue weighted by molar-refractivity contribution is -0.137. The van der Waals surface area contributed by atoms with Gasteiger partial charge in [0.1, 0.15) is 5.82 Å². The number of hydrogen-bond donors (Lipinski definition) is 0. The molecular weight excluding hydrogens is 408 g/mol. The van der Waals surface area contributed by atoms with Crippen LogP contribution < -0.4 is 10.7 Å². The van der Waals surface area contributed by atoms with Crippen LogP contribution in [0.4, 0.5) is 17.6 Å². The number of nitriles is 2. The normalized spacial score (nSPS) is 13.5. The Morgan fingerprint density at radius 1 is 0.613 bits per heavy atom. The van der Waals surface area contributed by atoms with E-state index in [4.69, 9.17) is 10.5 Å². The summed E-state index contributed by atoms with van der Waals surface area (Å²) in [5.41, 5.74) is -0.843. The lowest BCUT2D eigenvalue weighted by Crippen LogP contribution is -2.06. The molecule has 0 amide bonds. The molecule has 0 aliphatic heterocycles. The lowest BCUT2D eigenvalue weighted by Gasteiger charge is -2.06. The second kappa shape index (κ2) is 6.35. The largest absolute Gasteiger partial charge is 0.416 e. The maximum atomic E-state index is 13.8. The van der Waals surface area contributed by atoms with Gasteiger partial charge >= 0.3 is 6.18 Å². The van der Waals surface area contributed by atoms with Crippen LogP contribution >= 0.6 is 0 Å². The number of hydrogen-bond acceptors (Lipinski definition) is 4. The topological polar surface area (TPSA) is 72.3 Å². The van der Waals surface area contributed by atoms with Crippen LogP contribution in [-0.2, 0) is 6.18 Å². The van der Waals surface area contributed by atoms with Crippen molar-refractivity contribution in [1.29, 1.82) is 10.5 Å². The molecule has 0 fully saturated rings. The molecule has 148 valence electrons. The molecular formula is C23H8F4N4. The predicted molar refractivity (Wildman–Crippen MR) is 106 cm³/mol. The summed E-state index contributed by atoms with van der Waals surface area (Å²) in [6.07, 6.45) is -1.18. The van der Waals surface area contributed by atoms with Gasteiger partial charge in [-0.25, -0.2) is 4.39 Å². The number of halogens is 4. The van der Waals surface area contributed by atoms with Gasteiger partial charge in [-0.05, 0) is 57.9 Å². The molecule has 31 heavy (non-hydrogen) atoms. The Kier molecular flexibility index (Phi) is 3.83. The van der Waals surface area contributed by atoms with Crippen molar-refractivity contribution in [2.45, 2.75) is 6.18 Å². The number of rotatable bonds is 0. The van der Waals surface area contributed by atoms with Crippen molar-refractivity contribution in [3.8, 4) is 12.4 Å². The SMILES string of the molecule is N#C/N=c1\c2cc(F)ccc2c2cc3c(cc12)/c(=N\C#N)c1cc(C(F)(F)F)ccc13. The maximum Gasteiger partial charge on any atom is 0.416 e. The van der Waals surface area contributed by atoms with Crippen LogP contribution in [0.3, 0.4) is 0 Å². The maximum absolute atomic E-state index is 13.8. The Hall–Kier alpha value is -4.30. The summed E-state index contributed by atoms with van der Waals surface area (Å²) in [6, 6.07) is 10.9. The Morgan fingerprint density at radius 2 is 1.10 bits per heavy atom. The fourth-order valence-electron chi connectivity index (χ4n) is 4.17. The van der Waals surface area contributed by atoms with E-state index in [-0.39, 0.29) is 16.1 Å². The average Bonchev–Trinajstić information content (AvgIpc) is 3.19. The summed E-state index contributed by atoms with van der Waals surface area (Å²) in [4.78, 5) is 7.62. The third-order valence-corrected chi connectivity index (χ3v) is 5.41. The quantitative estimate of drug-likeness (QED) is 0.260. The smallest absolute Gasteiger partial charge is 0.207 e. The van der Waals surface area contributed by atoms with Crippen LogP contribution in [0.2, 0.25) is 0 Å². The van der Waals surface area contributed by atoms with Crippen LogP contribution in [-0.4, -0.2) is 0 Å². The van der Waals surface area contributed by atoms with Gasteiger partial charge in [0.25, 0.3) is 0 Å². The second-order valence-electron chi connectivity index (χ2n) is 7.01. The van der Waals surface area contributed by atoms with Crippen molar-refractivity contribution in [3.05, 3.63) is 70.6 Å². The molecule has 0 heterocycles. The Labute approximate surface area is 170 Å². The highest BCUT2D eigenvalue weighted by Crippen LogP contribution is 2.35. The van der Waals surface area contributed by atoms with Gasteiger partial charge < -0.3 is 0 Å². The molecule has 4 nitrogen and oxygen atoms in total. The fraction of sp³-hybridized carbons (Fsp3) is 0.0435. The molecule has 5 aromatic carbocycles. The molecule has 0 aliphatic rings. The Morgan fingerprint density at radius 3 is 1.65 bits per heavy atom. The minimum atomic E-state index is -4.54. The molecule has 0 aromatic heterocycles. The van der Waals surface area contributed by atoms with E-state index in [1.807, 2.05) is 0 Å². The summed E-state index contributed by atoms with van der Waals surface area (Å²) in [7, 11) is 0. The molecule has 5 aromatic rings. The van der Waals surface area contributed by atoms with E-state index in [0.29, 0.717) is 37.7 Å². The van der Waals surface area contributed by atoms with Crippen molar-refractivity contribution < 1.29 is 17.6 Å². The van der Waals surface area contributed by atoms with Crippen molar-refractivity contribution in [1.82, 2.24) is 0 Å². The number of nitrogens with zero attached hydrogens (tertiary/aromatic N) is 4. The van der Waals surface area contributed by atoms with Gasteiger partial charge in [-0.2, -0.15) is 33.7 Å². The monoisotopic (exact) mass is 416 g/mol. The summed E-state index contributed by atoms with van der Waals surface area (Å²) >= 11 is 0.